The van der Waals surface area contributed by atoms with Crippen LogP contribution in [0.25, 0.3) is 0 Å². The van der Waals surface area contributed by atoms with Gasteiger partial charge in [0, 0.05) is 18.7 Å². The molecule has 1 aromatic rings. The lowest BCUT2D eigenvalue weighted by molar-refractivity contribution is -0.127. The predicted molar refractivity (Wildman–Crippen MR) is 95.8 cm³/mol. The van der Waals surface area contributed by atoms with Crippen LogP contribution in [0.5, 0.6) is 0 Å². The van der Waals surface area contributed by atoms with Crippen molar-refractivity contribution >= 4 is 35.8 Å². The van der Waals surface area contributed by atoms with Crippen LogP contribution in [-0.2, 0) is 14.4 Å². The highest BCUT2D eigenvalue weighted by Crippen LogP contribution is 2.04. The molecule has 0 aliphatic rings. The zero-order valence-electron chi connectivity index (χ0n) is 13.9. The smallest absolute Gasteiger partial charge is 0.239 e. The Bertz CT molecular complexity index is 537. The summed E-state index contributed by atoms with van der Waals surface area (Å²) in [6.07, 6.45) is 0.153. The van der Waals surface area contributed by atoms with Gasteiger partial charge in [0.15, 0.2) is 0 Å². The third kappa shape index (κ3) is 8.50. The molecule has 0 fully saturated rings. The van der Waals surface area contributed by atoms with Crippen LogP contribution < -0.4 is 21.7 Å². The number of carbonyl (C=O) groups is 3. The van der Waals surface area contributed by atoms with Crippen LogP contribution in [0, 0.1) is 5.92 Å². The van der Waals surface area contributed by atoms with Crippen molar-refractivity contribution in [3.8, 4) is 0 Å². The Morgan fingerprint density at radius 2 is 1.67 bits per heavy atom. The van der Waals surface area contributed by atoms with Crippen molar-refractivity contribution in [1.29, 1.82) is 0 Å². The van der Waals surface area contributed by atoms with Gasteiger partial charge in [-0.3, -0.25) is 14.4 Å². The number of rotatable bonds is 8. The number of amides is 3. The van der Waals surface area contributed by atoms with Crippen molar-refractivity contribution in [2.24, 2.45) is 11.7 Å². The number of halogens is 1. The summed E-state index contributed by atoms with van der Waals surface area (Å²) in [6, 6.07) is 8.42. The average Bonchev–Trinajstić information content (AvgIpc) is 2.52. The third-order valence-corrected chi connectivity index (χ3v) is 3.18. The molecule has 0 unspecified atom stereocenters. The molecule has 0 aliphatic heterocycles. The Labute approximate surface area is 148 Å². The fourth-order valence-corrected chi connectivity index (χ4v) is 1.71. The lowest BCUT2D eigenvalue weighted by Gasteiger charge is -2.15. The molecule has 1 rings (SSSR count). The molecule has 5 N–H and O–H groups in total. The minimum atomic E-state index is -0.639. The minimum absolute atomic E-state index is 0. The maximum atomic E-state index is 11.7. The molecular weight excluding hydrogens is 332 g/mol. The van der Waals surface area contributed by atoms with E-state index in [9.17, 15) is 14.4 Å². The van der Waals surface area contributed by atoms with Crippen LogP contribution >= 0.6 is 12.4 Å². The fourth-order valence-electron chi connectivity index (χ4n) is 1.71. The highest BCUT2D eigenvalue weighted by molar-refractivity contribution is 5.91. The molecular formula is C16H25ClN4O3. The summed E-state index contributed by atoms with van der Waals surface area (Å²) < 4.78 is 0. The topological polar surface area (TPSA) is 113 Å². The van der Waals surface area contributed by atoms with E-state index in [2.05, 4.69) is 16.0 Å². The first-order valence-corrected chi connectivity index (χ1v) is 7.55. The molecule has 7 nitrogen and oxygen atoms in total. The molecule has 0 saturated carbocycles. The molecule has 134 valence electrons. The van der Waals surface area contributed by atoms with Crippen LogP contribution in [-0.4, -0.2) is 36.9 Å². The Kier molecular flexibility index (Phi) is 10.4. The van der Waals surface area contributed by atoms with E-state index < -0.39 is 6.04 Å². The molecule has 1 aromatic carbocycles. The van der Waals surface area contributed by atoms with E-state index in [1.165, 1.54) is 0 Å². The minimum Gasteiger partial charge on any atom is -0.354 e. The summed E-state index contributed by atoms with van der Waals surface area (Å²) in [5.74, 6) is -0.916. The first-order valence-electron chi connectivity index (χ1n) is 7.55. The van der Waals surface area contributed by atoms with Crippen LogP contribution in [0.3, 0.4) is 0 Å². The van der Waals surface area contributed by atoms with Crippen molar-refractivity contribution in [2.45, 2.75) is 26.3 Å². The summed E-state index contributed by atoms with van der Waals surface area (Å²) in [5, 5.41) is 7.75. The van der Waals surface area contributed by atoms with Gasteiger partial charge in [-0.2, -0.15) is 0 Å². The number of carbonyl (C=O) groups excluding carboxylic acids is 3. The van der Waals surface area contributed by atoms with E-state index in [-0.39, 0.29) is 55.6 Å². The van der Waals surface area contributed by atoms with E-state index in [1.807, 2.05) is 32.0 Å². The maximum Gasteiger partial charge on any atom is 0.239 e. The molecule has 0 spiro atoms. The predicted octanol–water partition coefficient (Wildman–Crippen LogP) is 0.653. The van der Waals surface area contributed by atoms with Gasteiger partial charge in [0.2, 0.25) is 17.7 Å². The highest BCUT2D eigenvalue weighted by Gasteiger charge is 2.17. The summed E-state index contributed by atoms with van der Waals surface area (Å²) in [7, 11) is 0. The Morgan fingerprint density at radius 3 is 2.25 bits per heavy atom. The standard InChI is InChI=1S/C16H24N4O3.ClH/c1-11(2)15(17)16(23)19-10-14(22)18-9-8-13(21)20-12-6-4-3-5-7-12;/h3-7,11,15H,8-10,17H2,1-2H3,(H,18,22)(H,19,23)(H,20,21);1H/t15-;/m0./s1. The van der Waals surface area contributed by atoms with Gasteiger partial charge in [-0.25, -0.2) is 0 Å². The molecule has 0 radical (unpaired) electrons. The number of hydrogen-bond acceptors (Lipinski definition) is 4. The number of benzene rings is 1. The van der Waals surface area contributed by atoms with Gasteiger partial charge >= 0.3 is 0 Å². The quantitative estimate of drug-likeness (QED) is 0.547. The zero-order chi connectivity index (χ0) is 17.2. The first-order chi connectivity index (χ1) is 10.9. The third-order valence-electron chi connectivity index (χ3n) is 3.18. The number of para-hydroxylation sites is 1. The fraction of sp³-hybridized carbons (Fsp3) is 0.438. The second kappa shape index (κ2) is 11.4. The van der Waals surface area contributed by atoms with Crippen LogP contribution in [0.15, 0.2) is 30.3 Å². The maximum absolute atomic E-state index is 11.7. The van der Waals surface area contributed by atoms with E-state index in [1.54, 1.807) is 12.1 Å². The highest BCUT2D eigenvalue weighted by atomic mass is 35.5. The van der Waals surface area contributed by atoms with Gasteiger partial charge in [-0.15, -0.1) is 12.4 Å². The van der Waals surface area contributed by atoms with Crippen molar-refractivity contribution in [3.05, 3.63) is 30.3 Å². The van der Waals surface area contributed by atoms with Gasteiger partial charge < -0.3 is 21.7 Å². The van der Waals surface area contributed by atoms with E-state index >= 15 is 0 Å². The van der Waals surface area contributed by atoms with Crippen LogP contribution in [0.2, 0.25) is 0 Å². The summed E-state index contributed by atoms with van der Waals surface area (Å²) >= 11 is 0. The Hall–Kier alpha value is -2.12. The van der Waals surface area contributed by atoms with Gasteiger partial charge in [0.1, 0.15) is 0 Å². The van der Waals surface area contributed by atoms with Crippen molar-refractivity contribution in [2.75, 3.05) is 18.4 Å². The van der Waals surface area contributed by atoms with Gasteiger partial charge in [-0.1, -0.05) is 32.0 Å². The second-order valence-electron chi connectivity index (χ2n) is 5.50. The Balaban J connectivity index is 0.00000529. The normalized spacial score (nSPS) is 11.2. The number of anilines is 1. The largest absolute Gasteiger partial charge is 0.354 e. The molecule has 0 bridgehead atoms. The molecule has 8 heteroatoms. The summed E-state index contributed by atoms with van der Waals surface area (Å²) in [5.41, 5.74) is 6.37. The zero-order valence-corrected chi connectivity index (χ0v) is 14.7. The van der Waals surface area contributed by atoms with Crippen molar-refractivity contribution in [3.63, 3.8) is 0 Å². The van der Waals surface area contributed by atoms with Crippen molar-refractivity contribution in [1.82, 2.24) is 10.6 Å². The molecule has 0 saturated heterocycles. The molecule has 0 aliphatic carbocycles. The lowest BCUT2D eigenvalue weighted by Crippen LogP contribution is -2.47. The number of nitrogens with one attached hydrogen (secondary N) is 3. The van der Waals surface area contributed by atoms with Crippen LogP contribution in [0.1, 0.15) is 20.3 Å². The summed E-state index contributed by atoms with van der Waals surface area (Å²) in [6.45, 7) is 3.70. The second-order valence-corrected chi connectivity index (χ2v) is 5.50. The molecule has 3 amide bonds. The van der Waals surface area contributed by atoms with E-state index in [0.29, 0.717) is 5.69 Å². The molecule has 1 atom stereocenters. The van der Waals surface area contributed by atoms with Crippen molar-refractivity contribution < 1.29 is 14.4 Å². The summed E-state index contributed by atoms with van der Waals surface area (Å²) in [4.78, 5) is 34.9. The average molecular weight is 357 g/mol. The molecule has 0 aromatic heterocycles. The van der Waals surface area contributed by atoms with Gasteiger partial charge in [-0.05, 0) is 18.1 Å². The number of hydrogen-bond donors (Lipinski definition) is 4. The first kappa shape index (κ1) is 21.9. The monoisotopic (exact) mass is 356 g/mol. The van der Waals surface area contributed by atoms with Gasteiger partial charge in [0.25, 0.3) is 0 Å². The lowest BCUT2D eigenvalue weighted by atomic mass is 10.1. The Morgan fingerprint density at radius 1 is 1.04 bits per heavy atom. The van der Waals surface area contributed by atoms with Crippen LogP contribution in [0.4, 0.5) is 5.69 Å². The van der Waals surface area contributed by atoms with Gasteiger partial charge in [0.05, 0.1) is 12.6 Å². The SMILES string of the molecule is CC(C)[C@H](N)C(=O)NCC(=O)NCCC(=O)Nc1ccccc1.Cl. The molecule has 24 heavy (non-hydrogen) atoms. The van der Waals surface area contributed by atoms with E-state index in [0.717, 1.165) is 0 Å². The number of nitrogens with two attached hydrogens (primary N) is 1. The van der Waals surface area contributed by atoms with E-state index in [4.69, 9.17) is 5.73 Å². The molecule has 0 heterocycles.